The quantitative estimate of drug-likeness (QED) is 0.558. The van der Waals surface area contributed by atoms with Crippen LogP contribution in [0.4, 0.5) is 5.95 Å². The fourth-order valence-electron chi connectivity index (χ4n) is 1.99. The average molecular weight is 251 g/mol. The summed E-state index contributed by atoms with van der Waals surface area (Å²) in [5.74, 6) is -0.780. The largest absolute Gasteiger partial charge is 0.491 e. The maximum atomic E-state index is 10.9. The van der Waals surface area contributed by atoms with Gasteiger partial charge in [0.2, 0.25) is 5.95 Å². The predicted octanol–water partition coefficient (Wildman–Crippen LogP) is -1.54. The zero-order chi connectivity index (χ0) is 13.1. The van der Waals surface area contributed by atoms with E-state index in [2.05, 4.69) is 9.97 Å². The molecule has 8 heteroatoms. The van der Waals surface area contributed by atoms with Crippen LogP contribution in [-0.4, -0.2) is 51.3 Å². The number of anilines is 1. The molecule has 3 N–H and O–H groups in total. The molecular weight excluding hydrogens is 237 g/mol. The fourth-order valence-corrected chi connectivity index (χ4v) is 1.99. The van der Waals surface area contributed by atoms with Gasteiger partial charge in [0.25, 0.3) is 0 Å². The molecule has 96 valence electrons. The molecule has 1 fully saturated rings. The number of carboxylic acids is 1. The summed E-state index contributed by atoms with van der Waals surface area (Å²) in [7, 11) is -1.59. The lowest BCUT2D eigenvalue weighted by atomic mass is 9.83. The van der Waals surface area contributed by atoms with Gasteiger partial charge in [-0.2, -0.15) is 0 Å². The Labute approximate surface area is 104 Å². The van der Waals surface area contributed by atoms with Gasteiger partial charge in [0.1, 0.15) is 0 Å². The van der Waals surface area contributed by atoms with E-state index in [1.165, 1.54) is 12.4 Å². The number of nitrogens with zero attached hydrogens (tertiary/aromatic N) is 3. The van der Waals surface area contributed by atoms with Crippen LogP contribution in [0.15, 0.2) is 12.4 Å². The van der Waals surface area contributed by atoms with E-state index in [1.807, 2.05) is 0 Å². The second kappa shape index (κ2) is 5.32. The smallest absolute Gasteiger partial charge is 0.481 e. The fraction of sp³-hybridized carbons (Fsp3) is 0.500. The SMILES string of the molecule is O=C(O)[C@@H]1CCCN(c2ncc(B(O)O)cn2)C1. The number of aromatic nitrogens is 2. The maximum absolute atomic E-state index is 10.9. The summed E-state index contributed by atoms with van der Waals surface area (Å²) < 4.78 is 0. The molecule has 1 aliphatic heterocycles. The summed E-state index contributed by atoms with van der Waals surface area (Å²) in [5.41, 5.74) is 0.213. The van der Waals surface area contributed by atoms with Crippen molar-refractivity contribution in [3.05, 3.63) is 12.4 Å². The van der Waals surface area contributed by atoms with Gasteiger partial charge in [-0.25, -0.2) is 9.97 Å². The Bertz CT molecular complexity index is 426. The molecule has 1 aromatic rings. The number of aliphatic carboxylic acids is 1. The molecule has 0 radical (unpaired) electrons. The zero-order valence-corrected chi connectivity index (χ0v) is 9.73. The van der Waals surface area contributed by atoms with Crippen molar-refractivity contribution in [2.45, 2.75) is 12.8 Å². The summed E-state index contributed by atoms with van der Waals surface area (Å²) in [6, 6.07) is 0. The monoisotopic (exact) mass is 251 g/mol. The lowest BCUT2D eigenvalue weighted by Crippen LogP contribution is -2.40. The minimum Gasteiger partial charge on any atom is -0.481 e. The number of carbonyl (C=O) groups is 1. The summed E-state index contributed by atoms with van der Waals surface area (Å²) in [6.07, 6.45) is 4.11. The first-order valence-electron chi connectivity index (χ1n) is 5.73. The Morgan fingerprint density at radius 3 is 2.61 bits per heavy atom. The minimum absolute atomic E-state index is 0.213. The van der Waals surface area contributed by atoms with Crippen molar-refractivity contribution >= 4 is 24.5 Å². The molecule has 1 aliphatic rings. The van der Waals surface area contributed by atoms with Crippen LogP contribution in [0.1, 0.15) is 12.8 Å². The van der Waals surface area contributed by atoms with Gasteiger partial charge in [-0.1, -0.05) is 0 Å². The highest BCUT2D eigenvalue weighted by Crippen LogP contribution is 2.19. The third kappa shape index (κ3) is 2.77. The zero-order valence-electron chi connectivity index (χ0n) is 9.73. The Morgan fingerprint density at radius 2 is 2.06 bits per heavy atom. The van der Waals surface area contributed by atoms with Gasteiger partial charge in [-0.05, 0) is 12.8 Å². The standard InChI is InChI=1S/C10H14BN3O4/c15-9(16)7-2-1-3-14(6-7)10-12-4-8(5-13-10)11(17)18/h4-5,7,17-18H,1-3,6H2,(H,15,16)/t7-/m1/s1. The average Bonchev–Trinajstić information content (AvgIpc) is 2.39. The van der Waals surface area contributed by atoms with Crippen LogP contribution in [0.2, 0.25) is 0 Å². The molecule has 2 heterocycles. The minimum atomic E-state index is -1.59. The molecule has 0 amide bonds. The van der Waals surface area contributed by atoms with Crippen LogP contribution in [0, 0.1) is 5.92 Å². The van der Waals surface area contributed by atoms with Crippen molar-refractivity contribution < 1.29 is 19.9 Å². The van der Waals surface area contributed by atoms with Crippen LogP contribution in [-0.2, 0) is 4.79 Å². The van der Waals surface area contributed by atoms with Gasteiger partial charge in [-0.15, -0.1) is 0 Å². The van der Waals surface area contributed by atoms with Crippen molar-refractivity contribution in [1.82, 2.24) is 9.97 Å². The lowest BCUT2D eigenvalue weighted by Gasteiger charge is -2.30. The van der Waals surface area contributed by atoms with E-state index in [4.69, 9.17) is 15.2 Å². The van der Waals surface area contributed by atoms with Crippen LogP contribution in [0.5, 0.6) is 0 Å². The highest BCUT2D eigenvalue weighted by molar-refractivity contribution is 6.58. The topological polar surface area (TPSA) is 107 Å². The van der Waals surface area contributed by atoms with E-state index in [9.17, 15) is 4.79 Å². The third-order valence-corrected chi connectivity index (χ3v) is 3.01. The number of piperidine rings is 1. The Kier molecular flexibility index (Phi) is 3.78. The number of rotatable bonds is 3. The molecule has 1 saturated heterocycles. The van der Waals surface area contributed by atoms with Crippen molar-refractivity contribution in [3.8, 4) is 0 Å². The predicted molar refractivity (Wildman–Crippen MR) is 64.4 cm³/mol. The van der Waals surface area contributed by atoms with Crippen LogP contribution >= 0.6 is 0 Å². The maximum Gasteiger partial charge on any atom is 0.491 e. The van der Waals surface area contributed by atoms with Gasteiger partial charge in [0.05, 0.1) is 5.92 Å². The molecule has 0 bridgehead atoms. The normalized spacial score (nSPS) is 19.7. The first-order chi connectivity index (χ1) is 8.58. The summed E-state index contributed by atoms with van der Waals surface area (Å²) >= 11 is 0. The third-order valence-electron chi connectivity index (χ3n) is 3.01. The van der Waals surface area contributed by atoms with E-state index in [1.54, 1.807) is 4.90 Å². The van der Waals surface area contributed by atoms with E-state index >= 15 is 0 Å². The first-order valence-corrected chi connectivity index (χ1v) is 5.73. The van der Waals surface area contributed by atoms with Crippen LogP contribution in [0.25, 0.3) is 0 Å². The molecule has 2 rings (SSSR count). The van der Waals surface area contributed by atoms with Gasteiger partial charge >= 0.3 is 13.1 Å². The highest BCUT2D eigenvalue weighted by Gasteiger charge is 2.26. The van der Waals surface area contributed by atoms with Crippen LogP contribution < -0.4 is 10.4 Å². The number of hydrogen-bond donors (Lipinski definition) is 3. The van der Waals surface area contributed by atoms with Crippen molar-refractivity contribution in [3.63, 3.8) is 0 Å². The van der Waals surface area contributed by atoms with Crippen molar-refractivity contribution in [2.24, 2.45) is 5.92 Å². The van der Waals surface area contributed by atoms with E-state index in [-0.39, 0.29) is 5.46 Å². The van der Waals surface area contributed by atoms with E-state index in [0.29, 0.717) is 25.5 Å². The second-order valence-corrected chi connectivity index (χ2v) is 4.31. The van der Waals surface area contributed by atoms with Crippen molar-refractivity contribution in [2.75, 3.05) is 18.0 Å². The Morgan fingerprint density at radius 1 is 1.39 bits per heavy atom. The molecule has 7 nitrogen and oxygen atoms in total. The molecule has 0 saturated carbocycles. The van der Waals surface area contributed by atoms with E-state index in [0.717, 1.165) is 6.42 Å². The Hall–Kier alpha value is -1.67. The first kappa shape index (κ1) is 12.8. The summed E-state index contributed by atoms with van der Waals surface area (Å²) in [5, 5.41) is 26.8. The number of hydrogen-bond acceptors (Lipinski definition) is 6. The highest BCUT2D eigenvalue weighted by atomic mass is 16.4. The molecule has 0 aromatic carbocycles. The molecule has 1 aromatic heterocycles. The Balaban J connectivity index is 2.09. The second-order valence-electron chi connectivity index (χ2n) is 4.31. The van der Waals surface area contributed by atoms with Gasteiger partial charge < -0.3 is 20.1 Å². The van der Waals surface area contributed by atoms with E-state index < -0.39 is 19.0 Å². The van der Waals surface area contributed by atoms with Gasteiger partial charge in [0.15, 0.2) is 0 Å². The molecule has 0 unspecified atom stereocenters. The molecule has 1 atom stereocenters. The van der Waals surface area contributed by atoms with Gasteiger partial charge in [-0.3, -0.25) is 4.79 Å². The molecule has 0 spiro atoms. The number of carboxylic acid groups (broad SMARTS) is 1. The van der Waals surface area contributed by atoms with Gasteiger partial charge in [0, 0.05) is 30.9 Å². The summed E-state index contributed by atoms with van der Waals surface area (Å²) in [4.78, 5) is 20.8. The molecular formula is C10H14BN3O4. The van der Waals surface area contributed by atoms with Crippen LogP contribution in [0.3, 0.4) is 0 Å². The summed E-state index contributed by atoms with van der Waals surface area (Å²) in [6.45, 7) is 1.10. The lowest BCUT2D eigenvalue weighted by molar-refractivity contribution is -0.141. The molecule has 0 aliphatic carbocycles. The molecule has 18 heavy (non-hydrogen) atoms. The van der Waals surface area contributed by atoms with Crippen molar-refractivity contribution in [1.29, 1.82) is 0 Å².